The Morgan fingerprint density at radius 3 is 2.50 bits per heavy atom. The van der Waals surface area contributed by atoms with Crippen molar-refractivity contribution >= 4 is 5.91 Å². The Balaban J connectivity index is 2.28. The molecule has 0 heterocycles. The van der Waals surface area contributed by atoms with E-state index in [1.54, 1.807) is 0 Å². The van der Waals surface area contributed by atoms with Gasteiger partial charge in [0.2, 0.25) is 5.91 Å². The van der Waals surface area contributed by atoms with Gasteiger partial charge >= 0.3 is 0 Å². The third kappa shape index (κ3) is 1.68. The second-order valence-corrected chi connectivity index (χ2v) is 5.75. The molecule has 2 heteroatoms. The normalized spacial score (nSPS) is 19.5. The summed E-state index contributed by atoms with van der Waals surface area (Å²) in [5.41, 5.74) is 11.1. The number of nitrogens with two attached hydrogens (primary N) is 1. The first-order valence-electron chi connectivity index (χ1n) is 7.12. The lowest BCUT2D eigenvalue weighted by Gasteiger charge is -2.27. The predicted octanol–water partition coefficient (Wildman–Crippen LogP) is 3.87. The standard InChI is InChI=1S/C18H19NO/c1-3-10-18(2)15-7-5-4-6-13(15)14-9-8-12(17(19)20)11-16(14)18/h4-9,11H,3,10H2,1-2H3,(H2,19,20). The number of hydrogen-bond acceptors (Lipinski definition) is 1. The molecule has 0 saturated carbocycles. The summed E-state index contributed by atoms with van der Waals surface area (Å²) in [5, 5.41) is 0. The summed E-state index contributed by atoms with van der Waals surface area (Å²) in [4.78, 5) is 11.5. The van der Waals surface area contributed by atoms with Crippen molar-refractivity contribution < 1.29 is 4.79 Å². The van der Waals surface area contributed by atoms with E-state index in [-0.39, 0.29) is 11.3 Å². The first-order valence-corrected chi connectivity index (χ1v) is 7.12. The summed E-state index contributed by atoms with van der Waals surface area (Å²) in [6.07, 6.45) is 2.17. The molecule has 0 aliphatic heterocycles. The van der Waals surface area contributed by atoms with Crippen LogP contribution in [0.3, 0.4) is 0 Å². The molecular weight excluding hydrogens is 246 g/mol. The lowest BCUT2D eigenvalue weighted by molar-refractivity contribution is 0.1000. The van der Waals surface area contributed by atoms with Crippen molar-refractivity contribution in [2.24, 2.45) is 5.73 Å². The minimum absolute atomic E-state index is 0.0217. The molecule has 0 saturated heterocycles. The van der Waals surface area contributed by atoms with E-state index >= 15 is 0 Å². The van der Waals surface area contributed by atoms with Crippen LogP contribution in [-0.4, -0.2) is 5.91 Å². The summed E-state index contributed by atoms with van der Waals surface area (Å²) in [7, 11) is 0. The first-order chi connectivity index (χ1) is 9.58. The lowest BCUT2D eigenvalue weighted by Crippen LogP contribution is -2.21. The number of carbonyl (C=O) groups is 1. The van der Waals surface area contributed by atoms with Gasteiger partial charge in [-0.2, -0.15) is 0 Å². The van der Waals surface area contributed by atoms with Gasteiger partial charge in [-0.25, -0.2) is 0 Å². The maximum absolute atomic E-state index is 11.5. The molecular formula is C18H19NO. The first kappa shape index (κ1) is 12.9. The van der Waals surface area contributed by atoms with Gasteiger partial charge < -0.3 is 5.73 Å². The van der Waals surface area contributed by atoms with Crippen molar-refractivity contribution in [3.05, 3.63) is 59.2 Å². The molecule has 1 unspecified atom stereocenters. The molecule has 0 radical (unpaired) electrons. The highest BCUT2D eigenvalue weighted by Gasteiger charge is 2.38. The second-order valence-electron chi connectivity index (χ2n) is 5.75. The van der Waals surface area contributed by atoms with E-state index in [0.717, 1.165) is 12.8 Å². The van der Waals surface area contributed by atoms with E-state index in [1.165, 1.54) is 22.3 Å². The van der Waals surface area contributed by atoms with Gasteiger partial charge in [-0.1, -0.05) is 50.6 Å². The number of rotatable bonds is 3. The molecule has 2 aromatic rings. The van der Waals surface area contributed by atoms with Crippen LogP contribution in [0.5, 0.6) is 0 Å². The van der Waals surface area contributed by atoms with Crippen LogP contribution in [0.1, 0.15) is 48.2 Å². The van der Waals surface area contributed by atoms with Crippen molar-refractivity contribution in [1.82, 2.24) is 0 Å². The van der Waals surface area contributed by atoms with Gasteiger partial charge in [-0.05, 0) is 40.8 Å². The number of benzene rings is 2. The largest absolute Gasteiger partial charge is 0.366 e. The SMILES string of the molecule is CCCC1(C)c2ccccc2-c2ccc(C(N)=O)cc21. The fraction of sp³-hybridized carbons (Fsp3) is 0.278. The highest BCUT2D eigenvalue weighted by molar-refractivity contribution is 5.95. The molecule has 1 atom stereocenters. The third-order valence-electron chi connectivity index (χ3n) is 4.46. The Bertz CT molecular complexity index is 690. The van der Waals surface area contributed by atoms with Crippen molar-refractivity contribution in [1.29, 1.82) is 0 Å². The summed E-state index contributed by atoms with van der Waals surface area (Å²) < 4.78 is 0. The van der Waals surface area contributed by atoms with E-state index in [2.05, 4.69) is 38.1 Å². The topological polar surface area (TPSA) is 43.1 Å². The van der Waals surface area contributed by atoms with Crippen LogP contribution < -0.4 is 5.73 Å². The van der Waals surface area contributed by atoms with Gasteiger partial charge in [0.05, 0.1) is 0 Å². The summed E-state index contributed by atoms with van der Waals surface area (Å²) in [5.74, 6) is -0.359. The van der Waals surface area contributed by atoms with Crippen molar-refractivity contribution in [3.8, 4) is 11.1 Å². The van der Waals surface area contributed by atoms with E-state index < -0.39 is 0 Å². The average Bonchev–Trinajstić information content (AvgIpc) is 2.70. The number of carbonyl (C=O) groups excluding carboxylic acids is 1. The Labute approximate surface area is 119 Å². The highest BCUT2D eigenvalue weighted by atomic mass is 16.1. The summed E-state index contributed by atoms with van der Waals surface area (Å²) in [6.45, 7) is 4.47. The molecule has 0 bridgehead atoms. The molecule has 3 rings (SSSR count). The van der Waals surface area contributed by atoms with Gasteiger partial charge in [0, 0.05) is 11.0 Å². The molecule has 102 valence electrons. The van der Waals surface area contributed by atoms with Crippen LogP contribution in [0, 0.1) is 0 Å². The van der Waals surface area contributed by atoms with Gasteiger partial charge in [0.15, 0.2) is 0 Å². The molecule has 0 aromatic heterocycles. The highest BCUT2D eigenvalue weighted by Crippen LogP contribution is 2.51. The fourth-order valence-corrected chi connectivity index (χ4v) is 3.50. The number of hydrogen-bond donors (Lipinski definition) is 1. The van der Waals surface area contributed by atoms with E-state index in [0.29, 0.717) is 5.56 Å². The van der Waals surface area contributed by atoms with Gasteiger partial charge in [0.25, 0.3) is 0 Å². The minimum Gasteiger partial charge on any atom is -0.366 e. The summed E-state index contributed by atoms with van der Waals surface area (Å²) in [6, 6.07) is 14.4. The van der Waals surface area contributed by atoms with Crippen LogP contribution >= 0.6 is 0 Å². The maximum Gasteiger partial charge on any atom is 0.248 e. The Morgan fingerprint density at radius 1 is 1.10 bits per heavy atom. The molecule has 1 aliphatic rings. The maximum atomic E-state index is 11.5. The van der Waals surface area contributed by atoms with Gasteiger partial charge in [-0.15, -0.1) is 0 Å². The predicted molar refractivity (Wildman–Crippen MR) is 81.8 cm³/mol. The van der Waals surface area contributed by atoms with Crippen molar-refractivity contribution in [2.75, 3.05) is 0 Å². The summed E-state index contributed by atoms with van der Waals surface area (Å²) >= 11 is 0. The van der Waals surface area contributed by atoms with Crippen LogP contribution in [-0.2, 0) is 5.41 Å². The molecule has 2 aromatic carbocycles. The quantitative estimate of drug-likeness (QED) is 0.899. The zero-order valence-electron chi connectivity index (χ0n) is 11.9. The second kappa shape index (κ2) is 4.48. The lowest BCUT2D eigenvalue weighted by atomic mass is 9.76. The zero-order chi connectivity index (χ0) is 14.3. The molecule has 0 spiro atoms. The fourth-order valence-electron chi connectivity index (χ4n) is 3.50. The molecule has 1 amide bonds. The minimum atomic E-state index is -0.359. The average molecular weight is 265 g/mol. The zero-order valence-corrected chi connectivity index (χ0v) is 11.9. The van der Waals surface area contributed by atoms with Gasteiger partial charge in [-0.3, -0.25) is 4.79 Å². The van der Waals surface area contributed by atoms with Gasteiger partial charge in [0.1, 0.15) is 0 Å². The van der Waals surface area contributed by atoms with Crippen LogP contribution in [0.2, 0.25) is 0 Å². The molecule has 2 nitrogen and oxygen atoms in total. The molecule has 0 fully saturated rings. The van der Waals surface area contributed by atoms with Crippen molar-refractivity contribution in [2.45, 2.75) is 32.1 Å². The molecule has 2 N–H and O–H groups in total. The number of fused-ring (bicyclic) bond motifs is 3. The molecule has 20 heavy (non-hydrogen) atoms. The number of amides is 1. The Kier molecular flexibility index (Phi) is 2.89. The van der Waals surface area contributed by atoms with E-state index in [4.69, 9.17) is 5.73 Å². The van der Waals surface area contributed by atoms with Crippen LogP contribution in [0.15, 0.2) is 42.5 Å². The Morgan fingerprint density at radius 2 is 1.80 bits per heavy atom. The number of primary amides is 1. The van der Waals surface area contributed by atoms with Crippen LogP contribution in [0.25, 0.3) is 11.1 Å². The van der Waals surface area contributed by atoms with E-state index in [1.807, 2.05) is 18.2 Å². The van der Waals surface area contributed by atoms with E-state index in [9.17, 15) is 4.79 Å². The molecule has 1 aliphatic carbocycles. The third-order valence-corrected chi connectivity index (χ3v) is 4.46. The monoisotopic (exact) mass is 265 g/mol. The Hall–Kier alpha value is -2.09. The van der Waals surface area contributed by atoms with Crippen LogP contribution in [0.4, 0.5) is 0 Å². The smallest absolute Gasteiger partial charge is 0.248 e. The van der Waals surface area contributed by atoms with Crippen molar-refractivity contribution in [3.63, 3.8) is 0 Å².